The average Bonchev–Trinajstić information content (AvgIpc) is 2.66. The van der Waals surface area contributed by atoms with Crippen LogP contribution in [0.2, 0.25) is 5.02 Å². The van der Waals surface area contributed by atoms with E-state index in [2.05, 4.69) is 10.1 Å². The van der Waals surface area contributed by atoms with E-state index in [-0.39, 0.29) is 52.2 Å². The maximum Gasteiger partial charge on any atom is 0.387 e. The number of carbonyl (C=O) groups is 2. The summed E-state index contributed by atoms with van der Waals surface area (Å²) in [6.07, 6.45) is 2.28. The molecule has 5 nitrogen and oxygen atoms in total. The number of halogens is 4. The van der Waals surface area contributed by atoms with E-state index in [4.69, 9.17) is 16.3 Å². The van der Waals surface area contributed by atoms with E-state index in [1.165, 1.54) is 30.3 Å². The Morgan fingerprint density at radius 1 is 1.10 bits per heavy atom. The predicted molar refractivity (Wildman–Crippen MR) is 106 cm³/mol. The molecule has 0 unspecified atom stereocenters. The second-order valence-corrected chi connectivity index (χ2v) is 8.64. The van der Waals surface area contributed by atoms with Crippen LogP contribution in [-0.2, 0) is 4.79 Å². The van der Waals surface area contributed by atoms with Gasteiger partial charge in [-0.1, -0.05) is 23.7 Å². The van der Waals surface area contributed by atoms with Crippen LogP contribution < -0.4 is 14.8 Å². The first-order valence-electron chi connectivity index (χ1n) is 9.65. The van der Waals surface area contributed by atoms with Crippen LogP contribution in [0.5, 0.6) is 11.5 Å². The zero-order chi connectivity index (χ0) is 22.2. The molecular formula is C22H19ClF3NO4. The minimum absolute atomic E-state index is 0.0289. The van der Waals surface area contributed by atoms with Crippen molar-refractivity contribution in [3.8, 4) is 11.5 Å². The van der Waals surface area contributed by atoms with Crippen molar-refractivity contribution in [1.29, 1.82) is 0 Å². The number of amides is 1. The summed E-state index contributed by atoms with van der Waals surface area (Å²) in [5.74, 6) is -0.950. The Labute approximate surface area is 181 Å². The third kappa shape index (κ3) is 4.63. The number of hydrogen-bond donors (Lipinski definition) is 1. The molecule has 2 bridgehead atoms. The van der Waals surface area contributed by atoms with Gasteiger partial charge in [-0.2, -0.15) is 8.78 Å². The van der Waals surface area contributed by atoms with Crippen LogP contribution in [0.4, 0.5) is 13.2 Å². The molecule has 0 saturated heterocycles. The van der Waals surface area contributed by atoms with Gasteiger partial charge in [-0.05, 0) is 48.9 Å². The standard InChI is InChI=1S/C22H19ClF3NO4/c23-16-5-4-14(7-17(16)24)30-9-19(29)27-22-10-21(11-22,12-22)8-18(28)13-2-1-3-15(6-13)31-20(25)26/h1-7,20H,8-12H2,(H,27,29). The van der Waals surface area contributed by atoms with Crippen molar-refractivity contribution in [2.24, 2.45) is 5.41 Å². The van der Waals surface area contributed by atoms with Crippen LogP contribution in [0.25, 0.3) is 0 Å². The van der Waals surface area contributed by atoms with Crippen LogP contribution in [0.15, 0.2) is 42.5 Å². The number of rotatable bonds is 9. The first-order chi connectivity index (χ1) is 14.7. The van der Waals surface area contributed by atoms with Gasteiger partial charge >= 0.3 is 6.61 Å². The lowest BCUT2D eigenvalue weighted by atomic mass is 9.38. The van der Waals surface area contributed by atoms with Crippen LogP contribution >= 0.6 is 11.6 Å². The van der Waals surface area contributed by atoms with E-state index >= 15 is 0 Å². The fourth-order valence-corrected chi connectivity index (χ4v) is 4.77. The summed E-state index contributed by atoms with van der Waals surface area (Å²) < 4.78 is 47.8. The average molecular weight is 454 g/mol. The van der Waals surface area contributed by atoms with Crippen LogP contribution in [0.3, 0.4) is 0 Å². The van der Waals surface area contributed by atoms with Crippen molar-refractivity contribution in [2.75, 3.05) is 6.61 Å². The molecule has 2 aromatic carbocycles. The summed E-state index contributed by atoms with van der Waals surface area (Å²) in [7, 11) is 0. The van der Waals surface area contributed by atoms with Gasteiger partial charge in [-0.15, -0.1) is 0 Å². The fourth-order valence-electron chi connectivity index (χ4n) is 4.65. The summed E-state index contributed by atoms with van der Waals surface area (Å²) >= 11 is 5.61. The molecule has 0 spiro atoms. The highest BCUT2D eigenvalue weighted by atomic mass is 35.5. The molecule has 3 saturated carbocycles. The van der Waals surface area contributed by atoms with Gasteiger partial charge in [-0.25, -0.2) is 4.39 Å². The molecule has 0 aromatic heterocycles. The van der Waals surface area contributed by atoms with Crippen LogP contribution in [0.1, 0.15) is 36.0 Å². The molecule has 1 N–H and O–H groups in total. The van der Waals surface area contributed by atoms with E-state index in [1.54, 1.807) is 6.07 Å². The van der Waals surface area contributed by atoms with E-state index < -0.39 is 12.4 Å². The molecule has 9 heteroatoms. The van der Waals surface area contributed by atoms with Gasteiger partial charge in [0.2, 0.25) is 0 Å². The number of alkyl halides is 2. The van der Waals surface area contributed by atoms with Crippen molar-refractivity contribution in [3.63, 3.8) is 0 Å². The number of Topliss-reactive ketones (excluding diaryl/α,β-unsaturated/α-hetero) is 1. The molecule has 3 aliphatic carbocycles. The van der Waals surface area contributed by atoms with E-state index in [9.17, 15) is 22.8 Å². The van der Waals surface area contributed by atoms with Crippen molar-refractivity contribution in [1.82, 2.24) is 5.32 Å². The van der Waals surface area contributed by atoms with Crippen molar-refractivity contribution < 1.29 is 32.2 Å². The smallest absolute Gasteiger partial charge is 0.387 e. The maximum absolute atomic E-state index is 13.4. The summed E-state index contributed by atoms with van der Waals surface area (Å²) in [6, 6.07) is 9.69. The van der Waals surface area contributed by atoms with Crippen molar-refractivity contribution in [3.05, 3.63) is 58.9 Å². The molecular weight excluding hydrogens is 435 g/mol. The normalized spacial score (nSPS) is 23.5. The van der Waals surface area contributed by atoms with Crippen LogP contribution in [0, 0.1) is 11.2 Å². The van der Waals surface area contributed by atoms with E-state index in [0.717, 1.165) is 6.07 Å². The second-order valence-electron chi connectivity index (χ2n) is 8.23. The first-order valence-corrected chi connectivity index (χ1v) is 10.0. The predicted octanol–water partition coefficient (Wildman–Crippen LogP) is 4.77. The largest absolute Gasteiger partial charge is 0.484 e. The molecule has 5 rings (SSSR count). The monoisotopic (exact) mass is 453 g/mol. The summed E-state index contributed by atoms with van der Waals surface area (Å²) in [4.78, 5) is 24.7. The molecule has 2 aromatic rings. The Hall–Kier alpha value is -2.74. The lowest BCUT2D eigenvalue weighted by Gasteiger charge is -2.70. The Bertz CT molecular complexity index is 1010. The molecule has 0 heterocycles. The molecule has 3 fully saturated rings. The molecule has 0 aliphatic heterocycles. The summed E-state index contributed by atoms with van der Waals surface area (Å²) in [5.41, 5.74) is -0.193. The number of carbonyl (C=O) groups excluding carboxylic acids is 2. The van der Waals surface area contributed by atoms with Crippen molar-refractivity contribution in [2.45, 2.75) is 37.8 Å². The Morgan fingerprint density at radius 2 is 1.84 bits per heavy atom. The van der Waals surface area contributed by atoms with Gasteiger partial charge in [0, 0.05) is 23.6 Å². The van der Waals surface area contributed by atoms with Crippen molar-refractivity contribution >= 4 is 23.3 Å². The highest BCUT2D eigenvalue weighted by molar-refractivity contribution is 6.30. The zero-order valence-electron chi connectivity index (χ0n) is 16.3. The Kier molecular flexibility index (Phi) is 5.60. The molecule has 1 amide bonds. The number of ether oxygens (including phenoxy) is 2. The maximum atomic E-state index is 13.4. The van der Waals surface area contributed by atoms with Gasteiger partial charge in [0.15, 0.2) is 12.4 Å². The van der Waals surface area contributed by atoms with Gasteiger partial charge < -0.3 is 14.8 Å². The SMILES string of the molecule is O=C(COc1ccc(Cl)c(F)c1)NC12CC(CC(=O)c3cccc(OC(F)F)c3)(C1)C2. The quantitative estimate of drug-likeness (QED) is 0.555. The Balaban J connectivity index is 1.24. The zero-order valence-corrected chi connectivity index (χ0v) is 17.1. The third-order valence-corrected chi connectivity index (χ3v) is 6.03. The topological polar surface area (TPSA) is 64.6 Å². The lowest BCUT2D eigenvalue weighted by Crippen LogP contribution is -2.75. The fraction of sp³-hybridized carbons (Fsp3) is 0.364. The van der Waals surface area contributed by atoms with Gasteiger partial charge in [0.1, 0.15) is 17.3 Å². The van der Waals surface area contributed by atoms with E-state index in [1.807, 2.05) is 0 Å². The summed E-state index contributed by atoms with van der Waals surface area (Å²) in [5, 5.41) is 2.90. The Morgan fingerprint density at radius 3 is 2.52 bits per heavy atom. The van der Waals surface area contributed by atoms with Gasteiger partial charge in [-0.3, -0.25) is 9.59 Å². The number of benzene rings is 2. The number of nitrogens with one attached hydrogen (secondary N) is 1. The molecule has 3 aliphatic rings. The highest BCUT2D eigenvalue weighted by Gasteiger charge is 2.68. The number of ketones is 1. The van der Waals surface area contributed by atoms with Gasteiger partial charge in [0.25, 0.3) is 5.91 Å². The van der Waals surface area contributed by atoms with Gasteiger partial charge in [0.05, 0.1) is 5.02 Å². The first kappa shape index (κ1) is 21.5. The second kappa shape index (κ2) is 8.07. The molecule has 0 radical (unpaired) electrons. The summed E-state index contributed by atoms with van der Waals surface area (Å²) in [6.45, 7) is -3.21. The molecule has 164 valence electrons. The van der Waals surface area contributed by atoms with E-state index in [0.29, 0.717) is 24.8 Å². The molecule has 31 heavy (non-hydrogen) atoms. The third-order valence-electron chi connectivity index (χ3n) is 5.72. The lowest BCUT2D eigenvalue weighted by molar-refractivity contribution is -0.164. The van der Waals surface area contributed by atoms with Crippen LogP contribution in [-0.4, -0.2) is 30.4 Å². The minimum atomic E-state index is -2.95. The number of hydrogen-bond acceptors (Lipinski definition) is 4. The minimum Gasteiger partial charge on any atom is -0.484 e. The highest BCUT2D eigenvalue weighted by Crippen LogP contribution is 2.69. The molecule has 0 atom stereocenters.